The molecule has 1 aromatic carbocycles. The summed E-state index contributed by atoms with van der Waals surface area (Å²) in [5.74, 6) is 2.01. The molecule has 0 radical (unpaired) electrons. The van der Waals surface area contributed by atoms with Crippen LogP contribution in [0, 0.1) is 6.92 Å². The van der Waals surface area contributed by atoms with Crippen molar-refractivity contribution in [2.75, 3.05) is 11.9 Å². The van der Waals surface area contributed by atoms with Crippen molar-refractivity contribution < 1.29 is 0 Å². The van der Waals surface area contributed by atoms with Gasteiger partial charge in [-0.05, 0) is 37.8 Å². The highest BCUT2D eigenvalue weighted by atomic mass is 15.3. The number of fused-ring (bicyclic) bond motifs is 1. The minimum absolute atomic E-state index is 0.977. The highest BCUT2D eigenvalue weighted by Crippen LogP contribution is 2.31. The first-order valence-electron chi connectivity index (χ1n) is 7.07. The van der Waals surface area contributed by atoms with Gasteiger partial charge in [0.15, 0.2) is 5.82 Å². The molecule has 0 amide bonds. The van der Waals surface area contributed by atoms with Gasteiger partial charge in [0.25, 0.3) is 0 Å². The first-order valence-corrected chi connectivity index (χ1v) is 7.07. The summed E-state index contributed by atoms with van der Waals surface area (Å²) in [7, 11) is 0. The smallest absolute Gasteiger partial charge is 0.164 e. The van der Waals surface area contributed by atoms with Crippen LogP contribution in [-0.2, 0) is 13.0 Å². The van der Waals surface area contributed by atoms with E-state index in [9.17, 15) is 0 Å². The molecule has 3 rings (SSSR count). The SMILES string of the molecule is CCCn1c(C)nnc1-c1cccc2c1CCCN2. The molecule has 4 heteroatoms. The van der Waals surface area contributed by atoms with Crippen molar-refractivity contribution in [3.8, 4) is 11.4 Å². The molecule has 0 saturated heterocycles. The van der Waals surface area contributed by atoms with E-state index < -0.39 is 0 Å². The predicted octanol–water partition coefficient (Wildman–Crippen LogP) is 3.02. The zero-order chi connectivity index (χ0) is 13.2. The molecule has 0 saturated carbocycles. The topological polar surface area (TPSA) is 42.7 Å². The molecule has 0 fully saturated rings. The van der Waals surface area contributed by atoms with Gasteiger partial charge in [0.1, 0.15) is 5.82 Å². The third-order valence-electron chi connectivity index (χ3n) is 3.72. The molecule has 0 spiro atoms. The van der Waals surface area contributed by atoms with Crippen LogP contribution in [0.2, 0.25) is 0 Å². The molecule has 19 heavy (non-hydrogen) atoms. The van der Waals surface area contributed by atoms with Gasteiger partial charge in [-0.3, -0.25) is 0 Å². The van der Waals surface area contributed by atoms with Crippen LogP contribution in [-0.4, -0.2) is 21.3 Å². The normalized spacial score (nSPS) is 14.0. The standard InChI is InChI=1S/C15H20N4/c1-3-10-19-11(2)17-18-15(19)13-6-4-8-14-12(13)7-5-9-16-14/h4,6,8,16H,3,5,7,9-10H2,1-2H3. The van der Waals surface area contributed by atoms with Crippen molar-refractivity contribution in [2.24, 2.45) is 0 Å². The van der Waals surface area contributed by atoms with E-state index in [0.29, 0.717) is 0 Å². The molecule has 0 bridgehead atoms. The molecule has 4 nitrogen and oxygen atoms in total. The summed E-state index contributed by atoms with van der Waals surface area (Å²) < 4.78 is 2.23. The molecule has 1 aliphatic rings. The largest absolute Gasteiger partial charge is 0.385 e. The van der Waals surface area contributed by atoms with E-state index >= 15 is 0 Å². The molecule has 2 heterocycles. The van der Waals surface area contributed by atoms with Crippen molar-refractivity contribution in [2.45, 2.75) is 39.7 Å². The van der Waals surface area contributed by atoms with Crippen LogP contribution in [0.4, 0.5) is 5.69 Å². The fourth-order valence-electron chi connectivity index (χ4n) is 2.79. The molecule has 0 unspecified atom stereocenters. The van der Waals surface area contributed by atoms with Gasteiger partial charge < -0.3 is 9.88 Å². The summed E-state index contributed by atoms with van der Waals surface area (Å²) in [4.78, 5) is 0. The Hall–Kier alpha value is -1.84. The van der Waals surface area contributed by atoms with Gasteiger partial charge in [0.05, 0.1) is 0 Å². The second-order valence-corrected chi connectivity index (χ2v) is 5.08. The third kappa shape index (κ3) is 2.11. The molecule has 1 aromatic heterocycles. The van der Waals surface area contributed by atoms with E-state index in [0.717, 1.165) is 37.6 Å². The molecule has 1 aliphatic heterocycles. The lowest BCUT2D eigenvalue weighted by molar-refractivity contribution is 0.662. The number of hydrogen-bond acceptors (Lipinski definition) is 3. The van der Waals surface area contributed by atoms with Gasteiger partial charge in [-0.1, -0.05) is 19.1 Å². The van der Waals surface area contributed by atoms with Gasteiger partial charge in [-0.2, -0.15) is 0 Å². The summed E-state index contributed by atoms with van der Waals surface area (Å²) in [5, 5.41) is 12.1. The minimum Gasteiger partial charge on any atom is -0.385 e. The summed E-state index contributed by atoms with van der Waals surface area (Å²) in [6.07, 6.45) is 3.40. The van der Waals surface area contributed by atoms with Crippen molar-refractivity contribution in [3.05, 3.63) is 29.6 Å². The number of hydrogen-bond donors (Lipinski definition) is 1. The Morgan fingerprint density at radius 2 is 2.21 bits per heavy atom. The van der Waals surface area contributed by atoms with Gasteiger partial charge in [0.2, 0.25) is 0 Å². The monoisotopic (exact) mass is 256 g/mol. The Morgan fingerprint density at radius 3 is 3.05 bits per heavy atom. The average Bonchev–Trinajstić information content (AvgIpc) is 2.80. The van der Waals surface area contributed by atoms with Crippen LogP contribution in [0.25, 0.3) is 11.4 Å². The van der Waals surface area contributed by atoms with Crippen LogP contribution in [0.1, 0.15) is 31.2 Å². The summed E-state index contributed by atoms with van der Waals surface area (Å²) in [5.41, 5.74) is 3.88. The first kappa shape index (κ1) is 12.2. The zero-order valence-electron chi connectivity index (χ0n) is 11.6. The fraction of sp³-hybridized carbons (Fsp3) is 0.467. The van der Waals surface area contributed by atoms with Crippen LogP contribution in [0.15, 0.2) is 18.2 Å². The summed E-state index contributed by atoms with van der Waals surface area (Å²) >= 11 is 0. The molecule has 0 aliphatic carbocycles. The maximum Gasteiger partial charge on any atom is 0.164 e. The Morgan fingerprint density at radius 1 is 1.32 bits per heavy atom. The van der Waals surface area contributed by atoms with Gasteiger partial charge in [0, 0.05) is 24.3 Å². The Balaban J connectivity index is 2.12. The van der Waals surface area contributed by atoms with Crippen LogP contribution < -0.4 is 5.32 Å². The van der Waals surface area contributed by atoms with E-state index in [4.69, 9.17) is 0 Å². The summed E-state index contributed by atoms with van der Waals surface area (Å²) in [6, 6.07) is 6.43. The van der Waals surface area contributed by atoms with E-state index in [1.165, 1.54) is 23.2 Å². The lowest BCUT2D eigenvalue weighted by atomic mass is 9.97. The summed E-state index contributed by atoms with van der Waals surface area (Å²) in [6.45, 7) is 6.26. The molecule has 0 atom stereocenters. The van der Waals surface area contributed by atoms with Crippen molar-refractivity contribution in [1.82, 2.24) is 14.8 Å². The van der Waals surface area contributed by atoms with E-state index in [1.54, 1.807) is 0 Å². The van der Waals surface area contributed by atoms with Gasteiger partial charge in [-0.25, -0.2) is 0 Å². The number of aryl methyl sites for hydroxylation is 1. The van der Waals surface area contributed by atoms with Crippen LogP contribution >= 0.6 is 0 Å². The minimum atomic E-state index is 0.977. The lowest BCUT2D eigenvalue weighted by Gasteiger charge is -2.21. The Bertz CT molecular complexity index is 586. The second kappa shape index (κ2) is 5.03. The van der Waals surface area contributed by atoms with Crippen molar-refractivity contribution in [3.63, 3.8) is 0 Å². The maximum atomic E-state index is 4.40. The maximum absolute atomic E-state index is 4.40. The molecule has 100 valence electrons. The Kier molecular flexibility index (Phi) is 3.23. The number of rotatable bonds is 3. The number of anilines is 1. The Labute approximate surface area is 113 Å². The van der Waals surface area contributed by atoms with Gasteiger partial charge in [-0.15, -0.1) is 10.2 Å². The van der Waals surface area contributed by atoms with Gasteiger partial charge >= 0.3 is 0 Å². The zero-order valence-corrected chi connectivity index (χ0v) is 11.6. The van der Waals surface area contributed by atoms with E-state index in [1.807, 2.05) is 6.92 Å². The molecular formula is C15H20N4. The highest BCUT2D eigenvalue weighted by Gasteiger charge is 2.18. The third-order valence-corrected chi connectivity index (χ3v) is 3.72. The van der Waals surface area contributed by atoms with Crippen LogP contribution in [0.5, 0.6) is 0 Å². The average molecular weight is 256 g/mol. The highest BCUT2D eigenvalue weighted by molar-refractivity contribution is 5.71. The number of nitrogens with one attached hydrogen (secondary N) is 1. The molecular weight excluding hydrogens is 236 g/mol. The van der Waals surface area contributed by atoms with Crippen molar-refractivity contribution in [1.29, 1.82) is 0 Å². The fourth-order valence-corrected chi connectivity index (χ4v) is 2.79. The number of nitrogens with zero attached hydrogens (tertiary/aromatic N) is 3. The van der Waals surface area contributed by atoms with E-state index in [-0.39, 0.29) is 0 Å². The van der Waals surface area contributed by atoms with Crippen molar-refractivity contribution >= 4 is 5.69 Å². The predicted molar refractivity (Wildman–Crippen MR) is 77.3 cm³/mol. The molecule has 2 aromatic rings. The second-order valence-electron chi connectivity index (χ2n) is 5.08. The quantitative estimate of drug-likeness (QED) is 0.918. The first-order chi connectivity index (χ1) is 9.31. The van der Waals surface area contributed by atoms with E-state index in [2.05, 4.69) is 45.2 Å². The lowest BCUT2D eigenvalue weighted by Crippen LogP contribution is -2.13. The number of benzene rings is 1. The molecule has 1 N–H and O–H groups in total. The number of aromatic nitrogens is 3. The van der Waals surface area contributed by atoms with Crippen LogP contribution in [0.3, 0.4) is 0 Å².